The summed E-state index contributed by atoms with van der Waals surface area (Å²) in [5.74, 6) is 0.448. The lowest BCUT2D eigenvalue weighted by Crippen LogP contribution is -2.46. The first-order chi connectivity index (χ1) is 9.79. The van der Waals surface area contributed by atoms with Crippen LogP contribution in [0.25, 0.3) is 0 Å². The predicted molar refractivity (Wildman–Crippen MR) is 91.8 cm³/mol. The fourth-order valence-corrected chi connectivity index (χ4v) is 3.82. The van der Waals surface area contributed by atoms with Crippen molar-refractivity contribution in [1.29, 1.82) is 0 Å². The number of benzene rings is 1. The maximum absolute atomic E-state index is 12.5. The highest BCUT2D eigenvalue weighted by Crippen LogP contribution is 2.38. The van der Waals surface area contributed by atoms with Crippen LogP contribution in [0.5, 0.6) is 0 Å². The number of carbonyl (C=O) groups is 1. The molecule has 0 radical (unpaired) electrons. The van der Waals surface area contributed by atoms with Crippen molar-refractivity contribution >= 4 is 33.4 Å². The van der Waals surface area contributed by atoms with Crippen LogP contribution >= 0.6 is 27.5 Å². The molecule has 1 N–H and O–H groups in total. The topological polar surface area (TPSA) is 29.1 Å². The summed E-state index contributed by atoms with van der Waals surface area (Å²) in [6, 6.07) is 5.62. The lowest BCUT2D eigenvalue weighted by Gasteiger charge is -2.40. The number of amides is 1. The van der Waals surface area contributed by atoms with Crippen molar-refractivity contribution in [2.75, 3.05) is 0 Å². The maximum Gasteiger partial charge on any atom is 0.253 e. The molecule has 0 bridgehead atoms. The fraction of sp³-hybridized carbons (Fsp3) is 0.588. The van der Waals surface area contributed by atoms with E-state index in [9.17, 15) is 4.79 Å². The van der Waals surface area contributed by atoms with Gasteiger partial charge in [0, 0.05) is 10.5 Å². The number of halogens is 2. The minimum absolute atomic E-state index is 0.0672. The number of hydrogen-bond acceptors (Lipinski definition) is 1. The number of nitrogens with one attached hydrogen (secondary N) is 1. The summed E-state index contributed by atoms with van der Waals surface area (Å²) in [5, 5.41) is 3.71. The van der Waals surface area contributed by atoms with Gasteiger partial charge in [-0.3, -0.25) is 4.79 Å². The Balaban J connectivity index is 2.15. The molecule has 0 saturated heterocycles. The third-order valence-corrected chi connectivity index (χ3v) is 5.19. The van der Waals surface area contributed by atoms with Gasteiger partial charge in [-0.1, -0.05) is 61.1 Å². The van der Waals surface area contributed by atoms with Crippen LogP contribution in [0.2, 0.25) is 5.02 Å². The Morgan fingerprint density at radius 3 is 2.62 bits per heavy atom. The van der Waals surface area contributed by atoms with Gasteiger partial charge in [0.2, 0.25) is 0 Å². The van der Waals surface area contributed by atoms with Gasteiger partial charge in [0.05, 0.1) is 10.6 Å². The van der Waals surface area contributed by atoms with Gasteiger partial charge in [-0.05, 0) is 42.4 Å². The highest BCUT2D eigenvalue weighted by atomic mass is 79.9. The van der Waals surface area contributed by atoms with E-state index in [2.05, 4.69) is 42.0 Å². The largest absolute Gasteiger partial charge is 0.349 e. The van der Waals surface area contributed by atoms with E-state index in [-0.39, 0.29) is 17.4 Å². The molecule has 2 atom stereocenters. The summed E-state index contributed by atoms with van der Waals surface area (Å²) in [6.07, 6.45) is 4.68. The Morgan fingerprint density at radius 1 is 1.29 bits per heavy atom. The van der Waals surface area contributed by atoms with E-state index in [1.54, 1.807) is 12.1 Å². The SMILES string of the molecule is CC(C)(C)C1CCCCC1NC(=O)c1cc(Br)ccc1Cl. The molecule has 1 aliphatic carbocycles. The molecule has 1 aromatic rings. The first-order valence-electron chi connectivity index (χ1n) is 7.55. The van der Waals surface area contributed by atoms with E-state index in [0.717, 1.165) is 10.9 Å². The van der Waals surface area contributed by atoms with Crippen molar-refractivity contribution in [3.05, 3.63) is 33.3 Å². The van der Waals surface area contributed by atoms with Gasteiger partial charge in [-0.2, -0.15) is 0 Å². The zero-order valence-corrected chi connectivity index (χ0v) is 15.2. The van der Waals surface area contributed by atoms with E-state index in [1.165, 1.54) is 19.3 Å². The summed E-state index contributed by atoms with van der Waals surface area (Å²) < 4.78 is 0.869. The Morgan fingerprint density at radius 2 is 1.95 bits per heavy atom. The number of carbonyl (C=O) groups excluding carboxylic acids is 1. The van der Waals surface area contributed by atoms with Gasteiger partial charge < -0.3 is 5.32 Å². The smallest absolute Gasteiger partial charge is 0.253 e. The molecular weight excluding hydrogens is 350 g/mol. The van der Waals surface area contributed by atoms with Gasteiger partial charge in [0.25, 0.3) is 5.91 Å². The van der Waals surface area contributed by atoms with Gasteiger partial charge in [-0.15, -0.1) is 0 Å². The van der Waals surface area contributed by atoms with Crippen LogP contribution < -0.4 is 5.32 Å². The van der Waals surface area contributed by atoms with Gasteiger partial charge in [-0.25, -0.2) is 0 Å². The van der Waals surface area contributed by atoms with Crippen LogP contribution in [0.15, 0.2) is 22.7 Å². The van der Waals surface area contributed by atoms with E-state index in [1.807, 2.05) is 6.07 Å². The van der Waals surface area contributed by atoms with Gasteiger partial charge in [0.1, 0.15) is 0 Å². The lowest BCUT2D eigenvalue weighted by atomic mass is 9.69. The van der Waals surface area contributed by atoms with Crippen LogP contribution in [0.4, 0.5) is 0 Å². The molecular formula is C17H23BrClNO. The Bertz CT molecular complexity index is 524. The number of hydrogen-bond donors (Lipinski definition) is 1. The van der Waals surface area contributed by atoms with Crippen LogP contribution in [0.1, 0.15) is 56.8 Å². The molecule has 1 saturated carbocycles. The van der Waals surface area contributed by atoms with Crippen LogP contribution in [-0.2, 0) is 0 Å². The fourth-order valence-electron chi connectivity index (χ4n) is 3.26. The third kappa shape index (κ3) is 4.23. The number of rotatable bonds is 2. The molecule has 21 heavy (non-hydrogen) atoms. The van der Waals surface area contributed by atoms with E-state index >= 15 is 0 Å². The Kier molecular flexibility index (Phi) is 5.37. The second-order valence-electron chi connectivity index (χ2n) is 6.96. The first kappa shape index (κ1) is 16.8. The molecule has 1 aliphatic rings. The van der Waals surface area contributed by atoms with Crippen LogP contribution in [-0.4, -0.2) is 11.9 Å². The Hall–Kier alpha value is -0.540. The van der Waals surface area contributed by atoms with Crippen molar-refractivity contribution in [2.24, 2.45) is 11.3 Å². The summed E-state index contributed by atoms with van der Waals surface area (Å²) in [6.45, 7) is 6.77. The predicted octanol–water partition coefficient (Wildman–Crippen LogP) is 5.44. The van der Waals surface area contributed by atoms with E-state index < -0.39 is 0 Å². The molecule has 2 unspecified atom stereocenters. The molecule has 2 nitrogen and oxygen atoms in total. The van der Waals surface area contributed by atoms with Crippen molar-refractivity contribution < 1.29 is 4.79 Å². The second-order valence-corrected chi connectivity index (χ2v) is 8.28. The molecule has 0 heterocycles. The molecule has 2 rings (SSSR count). The van der Waals surface area contributed by atoms with Crippen LogP contribution in [0, 0.1) is 11.3 Å². The molecule has 0 aromatic heterocycles. The van der Waals surface area contributed by atoms with Gasteiger partial charge in [0.15, 0.2) is 0 Å². The first-order valence-corrected chi connectivity index (χ1v) is 8.72. The van der Waals surface area contributed by atoms with E-state index in [0.29, 0.717) is 16.5 Å². The minimum atomic E-state index is -0.0672. The lowest BCUT2D eigenvalue weighted by molar-refractivity contribution is 0.0830. The second kappa shape index (κ2) is 6.70. The highest BCUT2D eigenvalue weighted by Gasteiger charge is 2.35. The summed E-state index contributed by atoms with van der Waals surface area (Å²) in [7, 11) is 0. The van der Waals surface area contributed by atoms with Crippen molar-refractivity contribution in [3.8, 4) is 0 Å². The van der Waals surface area contributed by atoms with Crippen molar-refractivity contribution in [3.63, 3.8) is 0 Å². The van der Waals surface area contributed by atoms with Gasteiger partial charge >= 0.3 is 0 Å². The standard InChI is InChI=1S/C17H23BrClNO/c1-17(2,3)13-6-4-5-7-15(13)20-16(21)12-10-11(18)8-9-14(12)19/h8-10,13,15H,4-7H2,1-3H3,(H,20,21). The van der Waals surface area contributed by atoms with Crippen molar-refractivity contribution in [1.82, 2.24) is 5.32 Å². The molecule has 0 aliphatic heterocycles. The maximum atomic E-state index is 12.5. The Labute approximate surface area is 140 Å². The van der Waals surface area contributed by atoms with Crippen LogP contribution in [0.3, 0.4) is 0 Å². The molecule has 4 heteroatoms. The molecule has 116 valence electrons. The quantitative estimate of drug-likeness (QED) is 0.736. The monoisotopic (exact) mass is 371 g/mol. The molecule has 1 aromatic carbocycles. The third-order valence-electron chi connectivity index (χ3n) is 4.37. The summed E-state index contributed by atoms with van der Waals surface area (Å²) >= 11 is 9.55. The average Bonchev–Trinajstić information content (AvgIpc) is 2.41. The zero-order chi connectivity index (χ0) is 15.6. The minimum Gasteiger partial charge on any atom is -0.349 e. The molecule has 1 amide bonds. The molecule has 1 fully saturated rings. The molecule has 0 spiro atoms. The summed E-state index contributed by atoms with van der Waals surface area (Å²) in [5.41, 5.74) is 0.753. The average molecular weight is 373 g/mol. The van der Waals surface area contributed by atoms with Crippen molar-refractivity contribution in [2.45, 2.75) is 52.5 Å². The zero-order valence-electron chi connectivity index (χ0n) is 12.9. The normalized spacial score (nSPS) is 22.9. The highest BCUT2D eigenvalue weighted by molar-refractivity contribution is 9.10. The van der Waals surface area contributed by atoms with E-state index in [4.69, 9.17) is 11.6 Å². The summed E-state index contributed by atoms with van der Waals surface area (Å²) in [4.78, 5) is 12.5.